The van der Waals surface area contributed by atoms with Crippen LogP contribution in [0.1, 0.15) is 23.7 Å². The number of imidazole rings is 1. The molecule has 1 aliphatic rings. The molecule has 4 nitrogen and oxygen atoms in total. The maximum atomic E-state index is 14.4. The molecular formula is C24H19ClFN3O. The number of nitrogens with zero attached hydrogens (tertiary/aromatic N) is 3. The highest BCUT2D eigenvalue weighted by Gasteiger charge is 2.35. The topological polar surface area (TPSA) is 38.1 Å². The highest BCUT2D eigenvalue weighted by Crippen LogP contribution is 2.34. The maximum absolute atomic E-state index is 14.4. The van der Waals surface area contributed by atoms with E-state index in [1.165, 1.54) is 6.07 Å². The van der Waals surface area contributed by atoms with E-state index < -0.39 is 0 Å². The zero-order chi connectivity index (χ0) is 20.7. The summed E-state index contributed by atoms with van der Waals surface area (Å²) in [6.45, 7) is 0.879. The molecule has 6 heteroatoms. The van der Waals surface area contributed by atoms with Crippen LogP contribution in [-0.2, 0) is 11.3 Å². The third kappa shape index (κ3) is 3.35. The monoisotopic (exact) mass is 419 g/mol. The Balaban J connectivity index is 1.54. The Morgan fingerprint density at radius 2 is 1.83 bits per heavy atom. The number of benzene rings is 3. The Hall–Kier alpha value is -3.18. The average molecular weight is 420 g/mol. The van der Waals surface area contributed by atoms with Crippen molar-refractivity contribution in [3.05, 3.63) is 95.0 Å². The number of halogens is 2. The van der Waals surface area contributed by atoms with Gasteiger partial charge in [-0.1, -0.05) is 48.0 Å². The molecule has 3 aromatic carbocycles. The molecule has 0 spiro atoms. The van der Waals surface area contributed by atoms with Gasteiger partial charge in [-0.15, -0.1) is 0 Å². The Morgan fingerprint density at radius 3 is 2.67 bits per heavy atom. The summed E-state index contributed by atoms with van der Waals surface area (Å²) in [5.41, 5.74) is 3.16. The van der Waals surface area contributed by atoms with Gasteiger partial charge in [0.05, 0.1) is 17.6 Å². The summed E-state index contributed by atoms with van der Waals surface area (Å²) in [6.07, 6.45) is 0.354. The molecule has 150 valence electrons. The van der Waals surface area contributed by atoms with E-state index >= 15 is 0 Å². The summed E-state index contributed by atoms with van der Waals surface area (Å²) in [5.74, 6) is 0.504. The number of amides is 1. The Kier molecular flexibility index (Phi) is 4.75. The van der Waals surface area contributed by atoms with Crippen LogP contribution >= 0.6 is 11.6 Å². The summed E-state index contributed by atoms with van der Waals surface area (Å²) < 4.78 is 16.4. The number of fused-ring (bicyclic) bond motifs is 1. The van der Waals surface area contributed by atoms with Crippen molar-refractivity contribution in [2.24, 2.45) is 0 Å². The number of carbonyl (C=O) groups is 1. The fourth-order valence-corrected chi connectivity index (χ4v) is 4.33. The molecule has 4 aromatic rings. The second-order valence-corrected chi connectivity index (χ2v) is 7.96. The van der Waals surface area contributed by atoms with Crippen LogP contribution in [0.5, 0.6) is 0 Å². The van der Waals surface area contributed by atoms with Crippen LogP contribution in [0.4, 0.5) is 10.1 Å². The third-order valence-corrected chi connectivity index (χ3v) is 5.82. The Morgan fingerprint density at radius 1 is 1.03 bits per heavy atom. The first-order valence-corrected chi connectivity index (χ1v) is 10.2. The SMILES string of the molecule is O=C1CC(c2nc3ccccc3n2Cc2ccccc2F)CN1c1cccc(Cl)c1. The molecule has 1 unspecified atom stereocenters. The quantitative estimate of drug-likeness (QED) is 0.444. The molecule has 1 atom stereocenters. The zero-order valence-electron chi connectivity index (χ0n) is 16.1. The molecule has 1 fully saturated rings. The van der Waals surface area contributed by atoms with Gasteiger partial charge in [0.15, 0.2) is 0 Å². The van der Waals surface area contributed by atoms with Gasteiger partial charge in [-0.25, -0.2) is 9.37 Å². The minimum absolute atomic E-state index is 0.0340. The molecule has 1 saturated heterocycles. The number of para-hydroxylation sites is 2. The molecule has 5 rings (SSSR count). The van der Waals surface area contributed by atoms with Crippen LogP contribution in [-0.4, -0.2) is 22.0 Å². The van der Waals surface area contributed by atoms with E-state index in [0.717, 1.165) is 22.5 Å². The first-order valence-electron chi connectivity index (χ1n) is 9.84. The number of anilines is 1. The lowest BCUT2D eigenvalue weighted by Gasteiger charge is -2.18. The van der Waals surface area contributed by atoms with Gasteiger partial charge in [0.2, 0.25) is 5.91 Å². The summed E-state index contributed by atoms with van der Waals surface area (Å²) in [7, 11) is 0. The van der Waals surface area contributed by atoms with Crippen molar-refractivity contribution in [2.45, 2.75) is 18.9 Å². The highest BCUT2D eigenvalue weighted by molar-refractivity contribution is 6.30. The van der Waals surface area contributed by atoms with Crippen molar-refractivity contribution in [3.8, 4) is 0 Å². The smallest absolute Gasteiger partial charge is 0.227 e. The number of rotatable bonds is 4. The van der Waals surface area contributed by atoms with Crippen molar-refractivity contribution in [1.82, 2.24) is 9.55 Å². The van der Waals surface area contributed by atoms with Gasteiger partial charge in [0, 0.05) is 35.2 Å². The van der Waals surface area contributed by atoms with E-state index in [1.807, 2.05) is 47.0 Å². The summed E-state index contributed by atoms with van der Waals surface area (Å²) in [6, 6.07) is 21.9. The van der Waals surface area contributed by atoms with Crippen molar-refractivity contribution < 1.29 is 9.18 Å². The number of hydrogen-bond acceptors (Lipinski definition) is 2. The molecule has 0 saturated carbocycles. The fourth-order valence-electron chi connectivity index (χ4n) is 4.14. The van der Waals surface area contributed by atoms with E-state index in [0.29, 0.717) is 30.1 Å². The van der Waals surface area contributed by atoms with E-state index in [1.54, 1.807) is 29.2 Å². The van der Waals surface area contributed by atoms with Crippen LogP contribution in [0.2, 0.25) is 5.02 Å². The van der Waals surface area contributed by atoms with Crippen LogP contribution in [0, 0.1) is 5.82 Å². The molecule has 1 aromatic heterocycles. The molecule has 30 heavy (non-hydrogen) atoms. The summed E-state index contributed by atoms with van der Waals surface area (Å²) in [4.78, 5) is 19.4. The molecule has 1 amide bonds. The first kappa shape index (κ1) is 18.8. The molecule has 0 N–H and O–H groups in total. The molecule has 2 heterocycles. The largest absolute Gasteiger partial charge is 0.323 e. The molecule has 0 radical (unpaired) electrons. The van der Waals surface area contributed by atoms with Gasteiger partial charge in [-0.3, -0.25) is 4.79 Å². The van der Waals surface area contributed by atoms with E-state index in [4.69, 9.17) is 16.6 Å². The highest BCUT2D eigenvalue weighted by atomic mass is 35.5. The number of carbonyl (C=O) groups excluding carboxylic acids is 1. The van der Waals surface area contributed by atoms with Crippen LogP contribution in [0.15, 0.2) is 72.8 Å². The third-order valence-electron chi connectivity index (χ3n) is 5.58. The lowest BCUT2D eigenvalue weighted by atomic mass is 10.1. The standard InChI is InChI=1S/C24H19ClFN3O/c25-18-7-5-8-19(13-18)28-15-17(12-23(28)30)24-27-21-10-3-4-11-22(21)29(24)14-16-6-1-2-9-20(16)26/h1-11,13,17H,12,14-15H2. The Bertz CT molecular complexity index is 1250. The van der Waals surface area contributed by atoms with Crippen LogP contribution < -0.4 is 4.90 Å². The minimum atomic E-state index is -0.246. The predicted molar refractivity (Wildman–Crippen MR) is 116 cm³/mol. The van der Waals surface area contributed by atoms with Gasteiger partial charge in [0.25, 0.3) is 0 Å². The van der Waals surface area contributed by atoms with Crippen molar-refractivity contribution >= 4 is 34.2 Å². The average Bonchev–Trinajstić information content (AvgIpc) is 3.30. The molecule has 0 aliphatic carbocycles. The van der Waals surface area contributed by atoms with Gasteiger partial charge >= 0.3 is 0 Å². The van der Waals surface area contributed by atoms with Crippen molar-refractivity contribution in [2.75, 3.05) is 11.4 Å². The molecule has 1 aliphatic heterocycles. The summed E-state index contributed by atoms with van der Waals surface area (Å²) in [5, 5.41) is 0.593. The number of aromatic nitrogens is 2. The lowest BCUT2D eigenvalue weighted by Crippen LogP contribution is -2.24. The van der Waals surface area contributed by atoms with Crippen molar-refractivity contribution in [1.29, 1.82) is 0 Å². The normalized spacial score (nSPS) is 16.5. The van der Waals surface area contributed by atoms with Crippen molar-refractivity contribution in [3.63, 3.8) is 0 Å². The van der Waals surface area contributed by atoms with Crippen LogP contribution in [0.3, 0.4) is 0 Å². The van der Waals surface area contributed by atoms with Gasteiger partial charge < -0.3 is 9.47 Å². The predicted octanol–water partition coefficient (Wildman–Crippen LogP) is 5.40. The minimum Gasteiger partial charge on any atom is -0.323 e. The van der Waals surface area contributed by atoms with Gasteiger partial charge in [-0.05, 0) is 36.4 Å². The lowest BCUT2D eigenvalue weighted by molar-refractivity contribution is -0.117. The fraction of sp³-hybridized carbons (Fsp3) is 0.167. The zero-order valence-corrected chi connectivity index (χ0v) is 16.9. The van der Waals surface area contributed by atoms with Gasteiger partial charge in [-0.2, -0.15) is 0 Å². The van der Waals surface area contributed by atoms with Crippen LogP contribution in [0.25, 0.3) is 11.0 Å². The van der Waals surface area contributed by atoms with E-state index in [9.17, 15) is 9.18 Å². The first-order chi connectivity index (χ1) is 14.6. The molecule has 0 bridgehead atoms. The second kappa shape index (κ2) is 7.58. The second-order valence-electron chi connectivity index (χ2n) is 7.52. The Labute approximate surface area is 178 Å². The molecular weight excluding hydrogens is 401 g/mol. The maximum Gasteiger partial charge on any atom is 0.227 e. The summed E-state index contributed by atoms with van der Waals surface area (Å²) >= 11 is 6.12. The van der Waals surface area contributed by atoms with Gasteiger partial charge in [0.1, 0.15) is 11.6 Å². The number of hydrogen-bond donors (Lipinski definition) is 0. The van der Waals surface area contributed by atoms with E-state index in [-0.39, 0.29) is 17.6 Å². The van der Waals surface area contributed by atoms with E-state index in [2.05, 4.69) is 0 Å².